The summed E-state index contributed by atoms with van der Waals surface area (Å²) in [6.45, 7) is 4.35. The number of nitrogens with one attached hydrogen (secondary N) is 1. The van der Waals surface area contributed by atoms with Gasteiger partial charge in [0.15, 0.2) is 12.1 Å². The van der Waals surface area contributed by atoms with Crippen molar-refractivity contribution in [1.82, 2.24) is 0 Å². The molecular weight excluding hydrogens is 292 g/mol. The molecule has 5 heteroatoms. The van der Waals surface area contributed by atoms with Crippen LogP contribution in [0, 0.1) is 23.5 Å². The van der Waals surface area contributed by atoms with Crippen LogP contribution in [-0.4, -0.2) is 6.29 Å². The molecule has 0 aliphatic heterocycles. The number of allylic oxidation sites excluding steroid dienone is 3. The monoisotopic (exact) mass is 309 g/mol. The topological polar surface area (TPSA) is 29.1 Å². The minimum absolute atomic E-state index is 0.101. The zero-order valence-corrected chi connectivity index (χ0v) is 12.7. The Labute approximate surface area is 127 Å². The van der Waals surface area contributed by atoms with Crippen LogP contribution in [0.25, 0.3) is 0 Å². The first-order valence-corrected chi connectivity index (χ1v) is 7.59. The molecular formula is C16H17F2NOS. The SMILES string of the molecule is CC(C)C1C=CC(SNc2ccc(F)c(C=O)c2F)=CC1. The van der Waals surface area contributed by atoms with Crippen LogP contribution in [0.1, 0.15) is 30.6 Å². The van der Waals surface area contributed by atoms with Crippen molar-refractivity contribution >= 4 is 23.9 Å². The first-order valence-electron chi connectivity index (χ1n) is 6.77. The highest BCUT2D eigenvalue weighted by Gasteiger charge is 2.15. The molecule has 0 heterocycles. The van der Waals surface area contributed by atoms with E-state index in [9.17, 15) is 13.6 Å². The summed E-state index contributed by atoms with van der Waals surface area (Å²) in [4.78, 5) is 11.6. The maximum Gasteiger partial charge on any atom is 0.160 e. The normalized spacial score (nSPS) is 17.8. The predicted molar refractivity (Wildman–Crippen MR) is 83.1 cm³/mol. The Balaban J connectivity index is 2.02. The number of hydrogen-bond acceptors (Lipinski definition) is 3. The molecule has 1 N–H and O–H groups in total. The van der Waals surface area contributed by atoms with Crippen LogP contribution < -0.4 is 4.72 Å². The summed E-state index contributed by atoms with van der Waals surface area (Å²) in [5.74, 6) is -0.604. The van der Waals surface area contributed by atoms with Crippen LogP contribution in [0.3, 0.4) is 0 Å². The first kappa shape index (κ1) is 15.8. The number of halogens is 2. The lowest BCUT2D eigenvalue weighted by Crippen LogP contribution is -2.07. The zero-order chi connectivity index (χ0) is 15.4. The van der Waals surface area contributed by atoms with Gasteiger partial charge in [-0.1, -0.05) is 32.1 Å². The molecule has 1 aromatic rings. The Morgan fingerprint density at radius 3 is 2.71 bits per heavy atom. The van der Waals surface area contributed by atoms with E-state index in [-0.39, 0.29) is 12.0 Å². The maximum absolute atomic E-state index is 13.9. The number of anilines is 1. The predicted octanol–water partition coefficient (Wildman–Crippen LogP) is 4.95. The summed E-state index contributed by atoms with van der Waals surface area (Å²) in [6.07, 6.45) is 7.36. The molecule has 0 radical (unpaired) electrons. The van der Waals surface area contributed by atoms with Gasteiger partial charge in [0.2, 0.25) is 0 Å². The number of rotatable bonds is 5. The summed E-state index contributed by atoms with van der Waals surface area (Å²) in [5, 5.41) is 0. The Morgan fingerprint density at radius 1 is 1.38 bits per heavy atom. The Morgan fingerprint density at radius 2 is 2.14 bits per heavy atom. The van der Waals surface area contributed by atoms with E-state index in [1.54, 1.807) is 0 Å². The van der Waals surface area contributed by atoms with Gasteiger partial charge in [0, 0.05) is 4.91 Å². The van der Waals surface area contributed by atoms with E-state index in [1.807, 2.05) is 6.08 Å². The third-order valence-corrected chi connectivity index (χ3v) is 4.34. The maximum atomic E-state index is 13.9. The van der Waals surface area contributed by atoms with E-state index in [0.717, 1.165) is 17.4 Å². The number of carbonyl (C=O) groups excluding carboxylic acids is 1. The fraction of sp³-hybridized carbons (Fsp3) is 0.312. The average Bonchev–Trinajstić information content (AvgIpc) is 2.47. The summed E-state index contributed by atoms with van der Waals surface area (Å²) < 4.78 is 29.9. The third-order valence-electron chi connectivity index (χ3n) is 3.48. The van der Waals surface area contributed by atoms with Crippen molar-refractivity contribution in [1.29, 1.82) is 0 Å². The molecule has 1 unspecified atom stereocenters. The van der Waals surface area contributed by atoms with Crippen LogP contribution in [0.5, 0.6) is 0 Å². The van der Waals surface area contributed by atoms with E-state index in [1.165, 1.54) is 18.0 Å². The molecule has 2 rings (SSSR count). The number of benzene rings is 1. The molecule has 0 aromatic heterocycles. The molecule has 0 amide bonds. The van der Waals surface area contributed by atoms with E-state index >= 15 is 0 Å². The number of carbonyl (C=O) groups is 1. The molecule has 21 heavy (non-hydrogen) atoms. The molecule has 0 saturated carbocycles. The fourth-order valence-electron chi connectivity index (χ4n) is 2.06. The molecule has 1 aromatic carbocycles. The van der Waals surface area contributed by atoms with Crippen LogP contribution in [0.15, 0.2) is 35.3 Å². The summed E-state index contributed by atoms with van der Waals surface area (Å²) >= 11 is 1.25. The van der Waals surface area contributed by atoms with Gasteiger partial charge in [-0.2, -0.15) is 0 Å². The van der Waals surface area contributed by atoms with Crippen molar-refractivity contribution in [3.05, 3.63) is 52.5 Å². The van der Waals surface area contributed by atoms with Gasteiger partial charge < -0.3 is 4.72 Å². The van der Waals surface area contributed by atoms with Gasteiger partial charge in [0.1, 0.15) is 5.82 Å². The van der Waals surface area contributed by atoms with Crippen molar-refractivity contribution in [3.8, 4) is 0 Å². The smallest absolute Gasteiger partial charge is 0.160 e. The molecule has 1 aliphatic rings. The van der Waals surface area contributed by atoms with Gasteiger partial charge in [-0.3, -0.25) is 4.79 Å². The van der Waals surface area contributed by atoms with E-state index in [4.69, 9.17) is 0 Å². The molecule has 0 bridgehead atoms. The molecule has 1 aliphatic carbocycles. The lowest BCUT2D eigenvalue weighted by atomic mass is 9.90. The number of hydrogen-bond donors (Lipinski definition) is 1. The van der Waals surface area contributed by atoms with Crippen molar-refractivity contribution in [3.63, 3.8) is 0 Å². The van der Waals surface area contributed by atoms with Crippen LogP contribution in [-0.2, 0) is 0 Å². The van der Waals surface area contributed by atoms with Gasteiger partial charge in [-0.05, 0) is 42.3 Å². The quantitative estimate of drug-likeness (QED) is 0.616. The van der Waals surface area contributed by atoms with Gasteiger partial charge in [0.25, 0.3) is 0 Å². The molecule has 2 nitrogen and oxygen atoms in total. The Hall–Kier alpha value is -1.62. The van der Waals surface area contributed by atoms with E-state index < -0.39 is 17.2 Å². The standard InChI is InChI=1S/C16H17F2NOS/c1-10(2)11-3-5-12(6-4-11)21-19-15-8-7-14(17)13(9-20)16(15)18/h3,5-11,19H,4H2,1-2H3. The summed E-state index contributed by atoms with van der Waals surface area (Å²) in [5.41, 5.74) is -0.447. The molecule has 0 fully saturated rings. The van der Waals surface area contributed by atoms with E-state index in [0.29, 0.717) is 11.8 Å². The van der Waals surface area contributed by atoms with Gasteiger partial charge in [-0.15, -0.1) is 0 Å². The van der Waals surface area contributed by atoms with Gasteiger partial charge in [-0.25, -0.2) is 8.78 Å². The molecule has 1 atom stereocenters. The van der Waals surface area contributed by atoms with Crippen molar-refractivity contribution < 1.29 is 13.6 Å². The molecule has 112 valence electrons. The third kappa shape index (κ3) is 3.73. The fourth-order valence-corrected chi connectivity index (χ4v) is 2.77. The van der Waals surface area contributed by atoms with Crippen LogP contribution >= 0.6 is 11.9 Å². The van der Waals surface area contributed by atoms with Crippen molar-refractivity contribution in [2.45, 2.75) is 20.3 Å². The highest BCUT2D eigenvalue weighted by molar-refractivity contribution is 8.04. The lowest BCUT2D eigenvalue weighted by molar-refractivity contribution is 0.111. The highest BCUT2D eigenvalue weighted by atomic mass is 32.2. The summed E-state index contributed by atoms with van der Waals surface area (Å²) in [7, 11) is 0. The first-order chi connectivity index (χ1) is 10.0. The highest BCUT2D eigenvalue weighted by Crippen LogP contribution is 2.30. The number of aldehydes is 1. The van der Waals surface area contributed by atoms with Crippen molar-refractivity contribution in [2.75, 3.05) is 4.72 Å². The van der Waals surface area contributed by atoms with Crippen LogP contribution in [0.4, 0.5) is 14.5 Å². The lowest BCUT2D eigenvalue weighted by Gasteiger charge is -2.19. The minimum atomic E-state index is -0.863. The second kappa shape index (κ2) is 6.89. The van der Waals surface area contributed by atoms with Crippen molar-refractivity contribution in [2.24, 2.45) is 11.8 Å². The average molecular weight is 309 g/mol. The largest absolute Gasteiger partial charge is 0.323 e. The second-order valence-corrected chi connectivity index (χ2v) is 6.13. The van der Waals surface area contributed by atoms with Gasteiger partial charge in [0.05, 0.1) is 11.3 Å². The minimum Gasteiger partial charge on any atom is -0.323 e. The van der Waals surface area contributed by atoms with Crippen LogP contribution in [0.2, 0.25) is 0 Å². The zero-order valence-electron chi connectivity index (χ0n) is 11.9. The Kier molecular flexibility index (Phi) is 5.17. The van der Waals surface area contributed by atoms with Gasteiger partial charge >= 0.3 is 0 Å². The summed E-state index contributed by atoms with van der Waals surface area (Å²) in [6, 6.07) is 2.37. The molecule has 0 saturated heterocycles. The van der Waals surface area contributed by atoms with E-state index in [2.05, 4.69) is 30.7 Å². The Bertz CT molecular complexity index is 596. The second-order valence-electron chi connectivity index (χ2n) is 5.25. The molecule has 0 spiro atoms.